The van der Waals surface area contributed by atoms with Gasteiger partial charge in [0, 0.05) is 13.0 Å². The molecule has 1 N–H and O–H groups in total. The van der Waals surface area contributed by atoms with E-state index in [0.29, 0.717) is 13.0 Å². The number of nitriles is 1. The van der Waals surface area contributed by atoms with Crippen LogP contribution < -0.4 is 0 Å². The van der Waals surface area contributed by atoms with Gasteiger partial charge in [0.1, 0.15) is 0 Å². The second-order valence-corrected chi connectivity index (χ2v) is 4.86. The highest BCUT2D eigenvalue weighted by Gasteiger charge is 2.38. The smallest absolute Gasteiger partial charge is 0.158 e. The largest absolute Gasteiger partial charge is 0.368 e. The summed E-state index contributed by atoms with van der Waals surface area (Å²) in [6.07, 6.45) is 2.82. The zero-order valence-corrected chi connectivity index (χ0v) is 10.7. The second-order valence-electron chi connectivity index (χ2n) is 4.86. The third-order valence-electron chi connectivity index (χ3n) is 3.70. The van der Waals surface area contributed by atoms with Crippen molar-refractivity contribution in [2.24, 2.45) is 0 Å². The summed E-state index contributed by atoms with van der Waals surface area (Å²) in [5, 5.41) is 18.8. The van der Waals surface area contributed by atoms with Gasteiger partial charge in [0.15, 0.2) is 6.29 Å². The molecule has 1 aromatic rings. The van der Waals surface area contributed by atoms with Crippen LogP contribution in [-0.2, 0) is 16.6 Å². The van der Waals surface area contributed by atoms with E-state index in [1.807, 2.05) is 31.2 Å². The third-order valence-corrected chi connectivity index (χ3v) is 3.70. The molecule has 0 radical (unpaired) electrons. The third kappa shape index (κ3) is 2.55. The van der Waals surface area contributed by atoms with E-state index >= 15 is 0 Å². The lowest BCUT2D eigenvalue weighted by atomic mass is 9.65. The summed E-state index contributed by atoms with van der Waals surface area (Å²) in [6, 6.07) is 10.4. The van der Waals surface area contributed by atoms with Gasteiger partial charge in [0.05, 0.1) is 11.5 Å². The van der Waals surface area contributed by atoms with Crippen LogP contribution in [-0.4, -0.2) is 18.0 Å². The molecule has 2 rings (SSSR count). The maximum atomic E-state index is 9.56. The zero-order valence-electron chi connectivity index (χ0n) is 10.7. The minimum atomic E-state index is -0.741. The van der Waals surface area contributed by atoms with Gasteiger partial charge < -0.3 is 9.84 Å². The molecule has 1 saturated carbocycles. The highest BCUT2D eigenvalue weighted by atomic mass is 16.6. The van der Waals surface area contributed by atoms with Gasteiger partial charge in [0.2, 0.25) is 0 Å². The highest BCUT2D eigenvalue weighted by Crippen LogP contribution is 2.43. The molecular formula is C15H19NO2. The summed E-state index contributed by atoms with van der Waals surface area (Å²) < 4.78 is 5.10. The number of ether oxygens (including phenoxy) is 1. The average Bonchev–Trinajstić information content (AvgIpc) is 2.31. The molecule has 0 aliphatic heterocycles. The maximum Gasteiger partial charge on any atom is 0.158 e. The van der Waals surface area contributed by atoms with Crippen molar-refractivity contribution >= 4 is 0 Å². The molecule has 1 fully saturated rings. The van der Waals surface area contributed by atoms with Crippen molar-refractivity contribution in [3.8, 4) is 6.07 Å². The Labute approximate surface area is 108 Å². The number of aliphatic hydroxyl groups excluding tert-OH is 1. The van der Waals surface area contributed by atoms with Gasteiger partial charge in [-0.15, -0.1) is 0 Å². The van der Waals surface area contributed by atoms with Gasteiger partial charge >= 0.3 is 0 Å². The molecule has 1 aromatic carbocycles. The number of nitrogens with zero attached hydrogens (tertiary/aromatic N) is 1. The van der Waals surface area contributed by atoms with Crippen molar-refractivity contribution in [3.63, 3.8) is 0 Å². The fraction of sp³-hybridized carbons (Fsp3) is 0.533. The molecule has 1 unspecified atom stereocenters. The first-order valence-corrected chi connectivity index (χ1v) is 6.50. The Morgan fingerprint density at radius 3 is 2.50 bits per heavy atom. The van der Waals surface area contributed by atoms with Gasteiger partial charge in [0.25, 0.3) is 0 Å². The molecule has 0 saturated heterocycles. The Hall–Kier alpha value is -1.37. The Bertz CT molecular complexity index is 429. The number of hydrogen-bond acceptors (Lipinski definition) is 3. The first-order chi connectivity index (χ1) is 8.70. The van der Waals surface area contributed by atoms with E-state index in [9.17, 15) is 10.4 Å². The van der Waals surface area contributed by atoms with Crippen LogP contribution in [0.3, 0.4) is 0 Å². The maximum absolute atomic E-state index is 9.56. The van der Waals surface area contributed by atoms with E-state index in [4.69, 9.17) is 4.74 Å². The molecule has 1 atom stereocenters. The normalized spacial score (nSPS) is 18.7. The standard InChI is InChI=1S/C15H19NO2/c1-2-18-14(17)10-12-4-6-13(7-5-12)15(11-16)8-3-9-15/h4-7,14,17H,2-3,8-10H2,1H3. The van der Waals surface area contributed by atoms with E-state index in [0.717, 1.165) is 30.4 Å². The Balaban J connectivity index is 2.04. The predicted octanol–water partition coefficient (Wildman–Crippen LogP) is 2.53. The lowest BCUT2D eigenvalue weighted by Crippen LogP contribution is -2.32. The Morgan fingerprint density at radius 2 is 2.06 bits per heavy atom. The molecule has 18 heavy (non-hydrogen) atoms. The van der Waals surface area contributed by atoms with E-state index in [2.05, 4.69) is 6.07 Å². The molecule has 0 heterocycles. The molecular weight excluding hydrogens is 226 g/mol. The summed E-state index contributed by atoms with van der Waals surface area (Å²) in [4.78, 5) is 0. The van der Waals surface area contributed by atoms with Crippen molar-refractivity contribution in [3.05, 3.63) is 35.4 Å². The van der Waals surface area contributed by atoms with Gasteiger partial charge in [-0.1, -0.05) is 24.3 Å². The molecule has 0 amide bonds. The molecule has 0 aromatic heterocycles. The van der Waals surface area contributed by atoms with Crippen molar-refractivity contribution in [2.45, 2.75) is 44.3 Å². The number of benzene rings is 1. The van der Waals surface area contributed by atoms with E-state index in [1.165, 1.54) is 0 Å². The molecule has 3 nitrogen and oxygen atoms in total. The molecule has 1 aliphatic rings. The predicted molar refractivity (Wildman–Crippen MR) is 68.9 cm³/mol. The quantitative estimate of drug-likeness (QED) is 0.811. The monoisotopic (exact) mass is 245 g/mol. The van der Waals surface area contributed by atoms with E-state index in [1.54, 1.807) is 0 Å². The minimum Gasteiger partial charge on any atom is -0.368 e. The summed E-state index contributed by atoms with van der Waals surface area (Å²) in [7, 11) is 0. The van der Waals surface area contributed by atoms with Crippen molar-refractivity contribution in [1.82, 2.24) is 0 Å². The van der Waals surface area contributed by atoms with Crippen LogP contribution in [0.25, 0.3) is 0 Å². The number of rotatable bonds is 5. The second kappa shape index (κ2) is 5.51. The van der Waals surface area contributed by atoms with Crippen molar-refractivity contribution in [2.75, 3.05) is 6.61 Å². The van der Waals surface area contributed by atoms with Gasteiger partial charge in [-0.2, -0.15) is 5.26 Å². The topological polar surface area (TPSA) is 53.2 Å². The molecule has 96 valence electrons. The van der Waals surface area contributed by atoms with Crippen LogP contribution in [0.2, 0.25) is 0 Å². The number of aliphatic hydroxyl groups is 1. The fourth-order valence-electron chi connectivity index (χ4n) is 2.41. The van der Waals surface area contributed by atoms with Crippen LogP contribution in [0.4, 0.5) is 0 Å². The molecule has 3 heteroatoms. The van der Waals surface area contributed by atoms with E-state index in [-0.39, 0.29) is 5.41 Å². The first-order valence-electron chi connectivity index (χ1n) is 6.50. The highest BCUT2D eigenvalue weighted by molar-refractivity contribution is 5.37. The lowest BCUT2D eigenvalue weighted by Gasteiger charge is -2.35. The molecule has 1 aliphatic carbocycles. The van der Waals surface area contributed by atoms with Gasteiger partial charge in [-0.3, -0.25) is 0 Å². The zero-order chi connectivity index (χ0) is 13.0. The lowest BCUT2D eigenvalue weighted by molar-refractivity contribution is -0.0927. The first kappa shape index (κ1) is 13.1. The van der Waals surface area contributed by atoms with Crippen LogP contribution in [0.15, 0.2) is 24.3 Å². The van der Waals surface area contributed by atoms with Gasteiger partial charge in [-0.25, -0.2) is 0 Å². The van der Waals surface area contributed by atoms with Crippen LogP contribution in [0, 0.1) is 11.3 Å². The van der Waals surface area contributed by atoms with Crippen LogP contribution in [0.5, 0.6) is 0 Å². The Morgan fingerprint density at radius 1 is 1.39 bits per heavy atom. The molecule has 0 bridgehead atoms. The van der Waals surface area contributed by atoms with Crippen molar-refractivity contribution in [1.29, 1.82) is 5.26 Å². The van der Waals surface area contributed by atoms with Gasteiger partial charge in [-0.05, 0) is 37.3 Å². The SMILES string of the molecule is CCOC(O)Cc1ccc(C2(C#N)CCC2)cc1. The summed E-state index contributed by atoms with van der Waals surface area (Å²) >= 11 is 0. The molecule has 0 spiro atoms. The average molecular weight is 245 g/mol. The Kier molecular flexibility index (Phi) is 4.00. The fourth-order valence-corrected chi connectivity index (χ4v) is 2.41. The number of hydrogen-bond donors (Lipinski definition) is 1. The summed E-state index contributed by atoms with van der Waals surface area (Å²) in [5.74, 6) is 0. The van der Waals surface area contributed by atoms with Crippen LogP contribution in [0.1, 0.15) is 37.3 Å². The van der Waals surface area contributed by atoms with Crippen molar-refractivity contribution < 1.29 is 9.84 Å². The summed E-state index contributed by atoms with van der Waals surface area (Å²) in [5.41, 5.74) is 1.88. The van der Waals surface area contributed by atoms with Crippen LogP contribution >= 0.6 is 0 Å². The minimum absolute atomic E-state index is 0.253. The van der Waals surface area contributed by atoms with E-state index < -0.39 is 6.29 Å². The summed E-state index contributed by atoms with van der Waals surface area (Å²) in [6.45, 7) is 2.37.